The third kappa shape index (κ3) is 4.97. The summed E-state index contributed by atoms with van der Waals surface area (Å²) >= 11 is 0. The summed E-state index contributed by atoms with van der Waals surface area (Å²) in [5, 5.41) is 10.4. The summed E-state index contributed by atoms with van der Waals surface area (Å²) in [6, 6.07) is 12.9. The molecule has 0 saturated carbocycles. The van der Waals surface area contributed by atoms with Crippen molar-refractivity contribution in [1.29, 1.82) is 5.26 Å². The zero-order valence-corrected chi connectivity index (χ0v) is 22.9. The minimum atomic E-state index is -4.66. The van der Waals surface area contributed by atoms with E-state index in [1.165, 1.54) is 23.1 Å². The molecule has 9 heteroatoms. The van der Waals surface area contributed by atoms with Crippen molar-refractivity contribution in [1.82, 2.24) is 4.90 Å². The lowest BCUT2D eigenvalue weighted by Gasteiger charge is -2.44. The molecule has 3 aliphatic rings. The first-order valence-electron chi connectivity index (χ1n) is 13.5. The summed E-state index contributed by atoms with van der Waals surface area (Å²) in [6.45, 7) is 6.44. The third-order valence-corrected chi connectivity index (χ3v) is 8.06. The quantitative estimate of drug-likeness (QED) is 0.474. The van der Waals surface area contributed by atoms with Gasteiger partial charge in [0.25, 0.3) is 0 Å². The average Bonchev–Trinajstić information content (AvgIpc) is 3.40. The van der Waals surface area contributed by atoms with Crippen LogP contribution in [0.2, 0.25) is 0 Å². The Hall–Kier alpha value is -3.77. The molecule has 0 radical (unpaired) electrons. The number of benzene rings is 2. The van der Waals surface area contributed by atoms with Gasteiger partial charge in [-0.05, 0) is 67.6 Å². The highest BCUT2D eigenvalue weighted by molar-refractivity contribution is 6.01. The number of hydrogen-bond acceptors (Lipinski definition) is 6. The maximum absolute atomic E-state index is 14.1. The van der Waals surface area contributed by atoms with Gasteiger partial charge in [0.15, 0.2) is 5.78 Å². The largest absolute Gasteiger partial charge is 0.496 e. The first-order valence-corrected chi connectivity index (χ1v) is 13.5. The van der Waals surface area contributed by atoms with Gasteiger partial charge in [-0.15, -0.1) is 0 Å². The molecule has 2 N–H and O–H groups in total. The smallest absolute Gasteiger partial charge is 0.418 e. The van der Waals surface area contributed by atoms with Crippen molar-refractivity contribution in [2.45, 2.75) is 58.2 Å². The molecule has 5 rings (SSSR count). The minimum Gasteiger partial charge on any atom is -0.496 e. The molecule has 0 amide bonds. The van der Waals surface area contributed by atoms with Gasteiger partial charge in [-0.1, -0.05) is 32.0 Å². The number of anilines is 1. The zero-order valence-electron chi connectivity index (χ0n) is 22.9. The van der Waals surface area contributed by atoms with Gasteiger partial charge in [0.1, 0.15) is 11.6 Å². The Bertz CT molecular complexity index is 1450. The Balaban J connectivity index is 1.72. The number of likely N-dealkylation sites (tertiary alicyclic amines) is 1. The lowest BCUT2D eigenvalue weighted by molar-refractivity contribution is -0.137. The molecule has 0 spiro atoms. The number of para-hydroxylation sites is 1. The van der Waals surface area contributed by atoms with Gasteiger partial charge in [-0.3, -0.25) is 14.6 Å². The fourth-order valence-corrected chi connectivity index (χ4v) is 6.31. The molecule has 2 aromatic carbocycles. The van der Waals surface area contributed by atoms with E-state index >= 15 is 0 Å². The maximum Gasteiger partial charge on any atom is 0.418 e. The fourth-order valence-electron chi connectivity index (χ4n) is 6.31. The Morgan fingerprint density at radius 3 is 2.48 bits per heavy atom. The van der Waals surface area contributed by atoms with Gasteiger partial charge in [0.2, 0.25) is 0 Å². The number of methoxy groups -OCH3 is 1. The average molecular weight is 551 g/mol. The summed E-state index contributed by atoms with van der Waals surface area (Å²) in [7, 11) is 1.60. The number of rotatable bonds is 5. The molecule has 6 nitrogen and oxygen atoms in total. The lowest BCUT2D eigenvalue weighted by atomic mass is 9.68. The number of hydrogen-bond donors (Lipinski definition) is 1. The number of allylic oxidation sites excluding steroid dienone is 3. The van der Waals surface area contributed by atoms with E-state index in [1.54, 1.807) is 7.11 Å². The van der Waals surface area contributed by atoms with Gasteiger partial charge in [0.05, 0.1) is 35.9 Å². The molecule has 2 heterocycles. The molecule has 1 atom stereocenters. The van der Waals surface area contributed by atoms with E-state index in [-0.39, 0.29) is 29.3 Å². The molecule has 40 heavy (non-hydrogen) atoms. The highest BCUT2D eigenvalue weighted by Crippen LogP contribution is 2.52. The SMILES string of the molecule is COc1ccc([C@H]2C(C#N)=C(N)N(c3ccccc3C(F)(F)F)C3=C2C(=O)CC(C)(C)C3)cc1CN1CCCC1. The number of carbonyl (C=O) groups excluding carboxylic acids is 1. The van der Waals surface area contributed by atoms with Gasteiger partial charge in [0, 0.05) is 29.8 Å². The molecule has 0 aromatic heterocycles. The van der Waals surface area contributed by atoms with Crippen molar-refractivity contribution in [3.63, 3.8) is 0 Å². The van der Waals surface area contributed by atoms with E-state index in [0.29, 0.717) is 35.5 Å². The number of ketones is 1. The predicted octanol–water partition coefficient (Wildman–Crippen LogP) is 6.25. The van der Waals surface area contributed by atoms with E-state index < -0.39 is 23.1 Å². The summed E-state index contributed by atoms with van der Waals surface area (Å²) in [5.41, 5.74) is 7.45. The van der Waals surface area contributed by atoms with Crippen molar-refractivity contribution in [2.24, 2.45) is 11.1 Å². The van der Waals surface area contributed by atoms with Crippen LogP contribution in [0.4, 0.5) is 18.9 Å². The molecule has 210 valence electrons. The monoisotopic (exact) mass is 550 g/mol. The number of alkyl halides is 3. The molecular formula is C31H33F3N4O2. The summed E-state index contributed by atoms with van der Waals surface area (Å²) in [4.78, 5) is 17.4. The Kier molecular flexibility index (Phi) is 7.17. The normalized spacial score (nSPS) is 21.5. The van der Waals surface area contributed by atoms with Crippen LogP contribution in [0.1, 0.15) is 62.1 Å². The number of nitriles is 1. The van der Waals surface area contributed by atoms with Gasteiger partial charge < -0.3 is 10.5 Å². The number of nitrogens with two attached hydrogens (primary N) is 1. The predicted molar refractivity (Wildman–Crippen MR) is 146 cm³/mol. The van der Waals surface area contributed by atoms with Crippen LogP contribution in [0.25, 0.3) is 0 Å². The van der Waals surface area contributed by atoms with Crippen molar-refractivity contribution in [2.75, 3.05) is 25.1 Å². The maximum atomic E-state index is 14.1. The van der Waals surface area contributed by atoms with E-state index in [2.05, 4.69) is 11.0 Å². The molecule has 1 saturated heterocycles. The number of halogens is 3. The Morgan fingerprint density at radius 1 is 1.12 bits per heavy atom. The fraction of sp³-hybridized carbons (Fsp3) is 0.419. The Morgan fingerprint density at radius 2 is 1.82 bits per heavy atom. The van der Waals surface area contributed by atoms with Crippen LogP contribution in [0.3, 0.4) is 0 Å². The van der Waals surface area contributed by atoms with Crippen molar-refractivity contribution >= 4 is 11.5 Å². The summed E-state index contributed by atoms with van der Waals surface area (Å²) in [6.07, 6.45) is -1.87. The second-order valence-electron chi connectivity index (χ2n) is 11.5. The van der Waals surface area contributed by atoms with Crippen LogP contribution in [-0.2, 0) is 17.5 Å². The zero-order chi connectivity index (χ0) is 28.8. The number of nitrogens with zero attached hydrogens (tertiary/aromatic N) is 3. The van der Waals surface area contributed by atoms with Gasteiger partial charge >= 0.3 is 6.18 Å². The van der Waals surface area contributed by atoms with Crippen LogP contribution in [0, 0.1) is 16.7 Å². The molecule has 1 aliphatic carbocycles. The molecule has 1 fully saturated rings. The van der Waals surface area contributed by atoms with E-state index in [4.69, 9.17) is 10.5 Å². The topological polar surface area (TPSA) is 82.6 Å². The second kappa shape index (κ2) is 10.3. The van der Waals surface area contributed by atoms with Crippen molar-refractivity contribution < 1.29 is 22.7 Å². The van der Waals surface area contributed by atoms with E-state index in [9.17, 15) is 23.2 Å². The van der Waals surface area contributed by atoms with Crippen molar-refractivity contribution in [3.05, 3.63) is 81.8 Å². The van der Waals surface area contributed by atoms with Crippen LogP contribution < -0.4 is 15.4 Å². The number of Topliss-reactive ketones (excluding diaryl/α,β-unsaturated/α-hetero) is 1. The van der Waals surface area contributed by atoms with Crippen LogP contribution in [0.5, 0.6) is 5.75 Å². The van der Waals surface area contributed by atoms with E-state index in [0.717, 1.165) is 37.6 Å². The van der Waals surface area contributed by atoms with Gasteiger partial charge in [-0.25, -0.2) is 0 Å². The first kappa shape index (κ1) is 27.8. The second-order valence-corrected chi connectivity index (χ2v) is 11.5. The standard InChI is InChI=1S/C31H33F3N4O2/c1-30(2)15-24-28(25(39)16-30)27(19-10-11-26(40-3)20(14-19)18-37-12-6-7-13-37)21(17-35)29(36)38(24)23-9-5-4-8-22(23)31(32,33)34/h4-5,8-11,14,27H,6-7,12-13,15-16,18,36H2,1-3H3/t27-/m0/s1. The third-order valence-electron chi connectivity index (χ3n) is 8.06. The minimum absolute atomic E-state index is 0.0565. The molecule has 0 bridgehead atoms. The first-order chi connectivity index (χ1) is 18.9. The van der Waals surface area contributed by atoms with Crippen LogP contribution in [-0.4, -0.2) is 30.9 Å². The van der Waals surface area contributed by atoms with E-state index in [1.807, 2.05) is 32.0 Å². The number of ether oxygens (including phenoxy) is 1. The molecule has 2 aliphatic heterocycles. The highest BCUT2D eigenvalue weighted by atomic mass is 19.4. The molecular weight excluding hydrogens is 517 g/mol. The lowest BCUT2D eigenvalue weighted by Crippen LogP contribution is -2.42. The van der Waals surface area contributed by atoms with Gasteiger partial charge in [-0.2, -0.15) is 18.4 Å². The highest BCUT2D eigenvalue weighted by Gasteiger charge is 2.46. The van der Waals surface area contributed by atoms with Crippen LogP contribution in [0.15, 0.2) is 65.1 Å². The van der Waals surface area contributed by atoms with Crippen molar-refractivity contribution in [3.8, 4) is 11.8 Å². The molecule has 2 aromatic rings. The summed E-state index contributed by atoms with van der Waals surface area (Å²) < 4.78 is 48.0. The number of carbonyl (C=O) groups is 1. The van der Waals surface area contributed by atoms with Crippen LogP contribution >= 0.6 is 0 Å². The summed E-state index contributed by atoms with van der Waals surface area (Å²) in [5.74, 6) is -0.373. The molecule has 0 unspecified atom stereocenters. The Labute approximate surface area is 232 Å².